The summed E-state index contributed by atoms with van der Waals surface area (Å²) in [4.78, 5) is 12.5. The summed E-state index contributed by atoms with van der Waals surface area (Å²) in [6.07, 6.45) is 0.0180. The molecule has 0 bridgehead atoms. The van der Waals surface area contributed by atoms with Crippen LogP contribution < -0.4 is 4.90 Å². The standard InChI is InChI=1S/C12H15INO3/c1-3-5-11(17-2)14(12(15)16)10-7-4-6-9(13)8-10/h4,6,8,11H,3,5H2,1-2H3,(H,15,16). The van der Waals surface area contributed by atoms with E-state index in [9.17, 15) is 9.90 Å². The third-order valence-electron chi connectivity index (χ3n) is 2.31. The minimum Gasteiger partial charge on any atom is -0.465 e. The van der Waals surface area contributed by atoms with Crippen molar-refractivity contribution in [1.29, 1.82) is 0 Å². The lowest BCUT2D eigenvalue weighted by Gasteiger charge is -2.27. The van der Waals surface area contributed by atoms with Gasteiger partial charge in [-0.3, -0.25) is 4.90 Å². The molecular weight excluding hydrogens is 333 g/mol. The molecule has 4 nitrogen and oxygen atoms in total. The van der Waals surface area contributed by atoms with Crippen molar-refractivity contribution in [3.63, 3.8) is 0 Å². The molecule has 0 saturated carbocycles. The SMILES string of the molecule is CCCC(OC)N(C(=O)O)c1[c]ccc(I)c1. The maximum atomic E-state index is 11.3. The Kier molecular flexibility index (Phi) is 5.70. The zero-order valence-corrected chi connectivity index (χ0v) is 12.0. The van der Waals surface area contributed by atoms with Crippen LogP contribution in [0.1, 0.15) is 19.8 Å². The quantitative estimate of drug-likeness (QED) is 0.656. The van der Waals surface area contributed by atoms with Crippen LogP contribution in [0.4, 0.5) is 10.5 Å². The van der Waals surface area contributed by atoms with Crippen LogP contribution in [0.3, 0.4) is 0 Å². The van der Waals surface area contributed by atoms with E-state index in [0.29, 0.717) is 12.1 Å². The van der Waals surface area contributed by atoms with E-state index in [-0.39, 0.29) is 0 Å². The van der Waals surface area contributed by atoms with Crippen molar-refractivity contribution < 1.29 is 14.6 Å². The molecule has 1 aromatic carbocycles. The van der Waals surface area contributed by atoms with Gasteiger partial charge in [0.15, 0.2) is 0 Å². The van der Waals surface area contributed by atoms with E-state index in [1.54, 1.807) is 12.1 Å². The monoisotopic (exact) mass is 348 g/mol. The zero-order chi connectivity index (χ0) is 12.8. The Morgan fingerprint density at radius 2 is 2.41 bits per heavy atom. The number of rotatable bonds is 5. The number of ether oxygens (including phenoxy) is 1. The number of hydrogen-bond acceptors (Lipinski definition) is 2. The van der Waals surface area contributed by atoms with Crippen LogP contribution in [-0.2, 0) is 4.74 Å². The van der Waals surface area contributed by atoms with Gasteiger partial charge in [0, 0.05) is 16.7 Å². The highest BCUT2D eigenvalue weighted by Gasteiger charge is 2.24. The largest absolute Gasteiger partial charge is 0.465 e. The number of methoxy groups -OCH3 is 1. The van der Waals surface area contributed by atoms with Crippen LogP contribution in [0, 0.1) is 9.64 Å². The number of hydrogen-bond donors (Lipinski definition) is 1. The maximum absolute atomic E-state index is 11.3. The summed E-state index contributed by atoms with van der Waals surface area (Å²) in [5, 5.41) is 9.27. The Morgan fingerprint density at radius 3 is 2.88 bits per heavy atom. The van der Waals surface area contributed by atoms with Crippen molar-refractivity contribution in [3.8, 4) is 0 Å². The Bertz CT molecular complexity index is 384. The summed E-state index contributed by atoms with van der Waals surface area (Å²) in [6.45, 7) is 1.99. The molecule has 1 aromatic rings. The van der Waals surface area contributed by atoms with E-state index in [1.807, 2.05) is 13.0 Å². The summed E-state index contributed by atoms with van der Waals surface area (Å²) >= 11 is 2.14. The van der Waals surface area contributed by atoms with Crippen LogP contribution in [-0.4, -0.2) is 24.5 Å². The second-order valence-electron chi connectivity index (χ2n) is 3.52. The highest BCUT2D eigenvalue weighted by Crippen LogP contribution is 2.21. The van der Waals surface area contributed by atoms with Gasteiger partial charge in [0.1, 0.15) is 6.23 Å². The number of carboxylic acid groups (broad SMARTS) is 1. The molecule has 0 aliphatic heterocycles. The summed E-state index contributed by atoms with van der Waals surface area (Å²) < 4.78 is 6.20. The van der Waals surface area contributed by atoms with Crippen molar-refractivity contribution in [1.82, 2.24) is 0 Å². The van der Waals surface area contributed by atoms with E-state index >= 15 is 0 Å². The fraction of sp³-hybridized carbons (Fsp3) is 0.417. The van der Waals surface area contributed by atoms with Crippen LogP contribution in [0.25, 0.3) is 0 Å². The predicted molar refractivity (Wildman–Crippen MR) is 74.2 cm³/mol. The van der Waals surface area contributed by atoms with Crippen molar-refractivity contribution in [3.05, 3.63) is 27.8 Å². The van der Waals surface area contributed by atoms with Crippen molar-refractivity contribution >= 4 is 34.4 Å². The number of halogens is 1. The van der Waals surface area contributed by atoms with Gasteiger partial charge in [-0.25, -0.2) is 4.79 Å². The third kappa shape index (κ3) is 3.85. The number of anilines is 1. The summed E-state index contributed by atoms with van der Waals surface area (Å²) in [7, 11) is 1.52. The number of nitrogens with zero attached hydrogens (tertiary/aromatic N) is 1. The lowest BCUT2D eigenvalue weighted by Crippen LogP contribution is -2.40. The molecule has 0 fully saturated rings. The molecule has 17 heavy (non-hydrogen) atoms. The lowest BCUT2D eigenvalue weighted by atomic mass is 10.2. The Morgan fingerprint density at radius 1 is 1.71 bits per heavy atom. The van der Waals surface area contributed by atoms with E-state index in [1.165, 1.54) is 12.0 Å². The van der Waals surface area contributed by atoms with Crippen molar-refractivity contribution in [2.45, 2.75) is 26.0 Å². The minimum atomic E-state index is -1.02. The molecule has 1 unspecified atom stereocenters. The topological polar surface area (TPSA) is 49.8 Å². The van der Waals surface area contributed by atoms with E-state index in [4.69, 9.17) is 4.74 Å². The molecule has 0 heterocycles. The van der Waals surface area contributed by atoms with Gasteiger partial charge in [-0.15, -0.1) is 0 Å². The van der Waals surface area contributed by atoms with Gasteiger partial charge in [-0.1, -0.05) is 19.4 Å². The molecule has 1 atom stereocenters. The molecule has 0 aromatic heterocycles. The molecular formula is C12H15INO3. The predicted octanol–water partition coefficient (Wildman–Crippen LogP) is 3.35. The summed E-state index contributed by atoms with van der Waals surface area (Å²) in [5.74, 6) is 0. The Balaban J connectivity index is 3.03. The molecule has 1 N–H and O–H groups in total. The second-order valence-corrected chi connectivity index (χ2v) is 4.77. The van der Waals surface area contributed by atoms with Gasteiger partial charge in [0.05, 0.1) is 5.69 Å². The van der Waals surface area contributed by atoms with Crippen molar-refractivity contribution in [2.24, 2.45) is 0 Å². The van der Waals surface area contributed by atoms with E-state index in [2.05, 4.69) is 28.7 Å². The number of amides is 1. The zero-order valence-electron chi connectivity index (χ0n) is 9.81. The van der Waals surface area contributed by atoms with Crippen LogP contribution in [0.2, 0.25) is 0 Å². The smallest absolute Gasteiger partial charge is 0.413 e. The molecule has 93 valence electrons. The first kappa shape index (κ1) is 14.2. The Labute approximate surface area is 115 Å². The highest BCUT2D eigenvalue weighted by atomic mass is 127. The van der Waals surface area contributed by atoms with E-state index in [0.717, 1.165) is 9.99 Å². The van der Waals surface area contributed by atoms with Gasteiger partial charge < -0.3 is 9.84 Å². The average Bonchev–Trinajstić information content (AvgIpc) is 2.28. The van der Waals surface area contributed by atoms with Gasteiger partial charge in [-0.2, -0.15) is 0 Å². The van der Waals surface area contributed by atoms with Crippen LogP contribution in [0.15, 0.2) is 18.2 Å². The number of benzene rings is 1. The molecule has 0 aliphatic rings. The Hall–Kier alpha value is -0.820. The first-order chi connectivity index (χ1) is 8.10. The van der Waals surface area contributed by atoms with E-state index < -0.39 is 12.3 Å². The molecule has 1 rings (SSSR count). The van der Waals surface area contributed by atoms with Gasteiger partial charge in [0.25, 0.3) is 0 Å². The fourth-order valence-corrected chi connectivity index (χ4v) is 2.02. The molecule has 0 saturated heterocycles. The molecule has 5 heteroatoms. The first-order valence-corrected chi connectivity index (χ1v) is 6.40. The fourth-order valence-electron chi connectivity index (χ4n) is 1.55. The lowest BCUT2D eigenvalue weighted by molar-refractivity contribution is 0.0876. The summed E-state index contributed by atoms with van der Waals surface area (Å²) in [6, 6.07) is 8.28. The van der Waals surface area contributed by atoms with Crippen LogP contribution in [0.5, 0.6) is 0 Å². The van der Waals surface area contributed by atoms with Gasteiger partial charge in [0.2, 0.25) is 0 Å². The number of carbonyl (C=O) groups is 1. The first-order valence-electron chi connectivity index (χ1n) is 5.32. The third-order valence-corrected chi connectivity index (χ3v) is 2.98. The minimum absolute atomic E-state index is 0.466. The average molecular weight is 348 g/mol. The molecule has 1 radical (unpaired) electrons. The molecule has 0 spiro atoms. The second kappa shape index (κ2) is 6.80. The van der Waals surface area contributed by atoms with Crippen LogP contribution >= 0.6 is 22.6 Å². The van der Waals surface area contributed by atoms with Gasteiger partial charge >= 0.3 is 6.09 Å². The normalized spacial score (nSPS) is 12.2. The maximum Gasteiger partial charge on any atom is 0.413 e. The van der Waals surface area contributed by atoms with Gasteiger partial charge in [-0.05, 0) is 41.1 Å². The molecule has 0 aliphatic carbocycles. The summed E-state index contributed by atoms with van der Waals surface area (Å²) in [5.41, 5.74) is 0.518. The molecule has 1 amide bonds. The van der Waals surface area contributed by atoms with Crippen molar-refractivity contribution in [2.75, 3.05) is 12.0 Å². The highest BCUT2D eigenvalue weighted by molar-refractivity contribution is 14.1.